The maximum atomic E-state index is 13.2. The van der Waals surface area contributed by atoms with Crippen molar-refractivity contribution < 1.29 is 19.2 Å². The summed E-state index contributed by atoms with van der Waals surface area (Å²) in [6, 6.07) is 17.9. The summed E-state index contributed by atoms with van der Waals surface area (Å²) in [6.07, 6.45) is 0.608. The van der Waals surface area contributed by atoms with Gasteiger partial charge in [-0.05, 0) is 24.3 Å². The van der Waals surface area contributed by atoms with Crippen LogP contribution in [0.3, 0.4) is 0 Å². The molecule has 3 aromatic carbocycles. The maximum absolute atomic E-state index is 13.2. The highest BCUT2D eigenvalue weighted by Gasteiger charge is 2.26. The molecule has 0 saturated heterocycles. The molecule has 0 radical (unpaired) electrons. The molecule has 0 aliphatic carbocycles. The van der Waals surface area contributed by atoms with Gasteiger partial charge >= 0.3 is 0 Å². The van der Waals surface area contributed by atoms with Gasteiger partial charge in [-0.1, -0.05) is 36.4 Å². The van der Waals surface area contributed by atoms with E-state index in [0.29, 0.717) is 18.7 Å². The van der Waals surface area contributed by atoms with Crippen LogP contribution in [0, 0.1) is 10.1 Å². The van der Waals surface area contributed by atoms with Crippen molar-refractivity contribution in [3.8, 4) is 5.75 Å². The third kappa shape index (κ3) is 4.02. The number of ether oxygens (including phenoxy) is 1. The first-order chi connectivity index (χ1) is 15.5. The summed E-state index contributed by atoms with van der Waals surface area (Å²) in [4.78, 5) is 37.1. The number of rotatable bonds is 6. The lowest BCUT2D eigenvalue weighted by molar-refractivity contribution is -0.384. The predicted molar refractivity (Wildman–Crippen MR) is 119 cm³/mol. The van der Waals surface area contributed by atoms with Crippen molar-refractivity contribution in [2.24, 2.45) is 0 Å². The SMILES string of the molecule is CNc1ccc(C(=O)c2ccccc2C(=O)N[C@H]2CCOc3ccccc32)cc1[N+](=O)[O-]. The zero-order valence-corrected chi connectivity index (χ0v) is 17.3. The van der Waals surface area contributed by atoms with Gasteiger partial charge in [-0.3, -0.25) is 19.7 Å². The number of ketones is 1. The number of nitro groups is 1. The summed E-state index contributed by atoms with van der Waals surface area (Å²) < 4.78 is 5.64. The van der Waals surface area contributed by atoms with Crippen molar-refractivity contribution in [3.05, 3.63) is 99.1 Å². The Labute approximate surface area is 184 Å². The number of nitro benzene ring substituents is 1. The first-order valence-electron chi connectivity index (χ1n) is 10.1. The highest BCUT2D eigenvalue weighted by Crippen LogP contribution is 2.32. The van der Waals surface area contributed by atoms with E-state index in [4.69, 9.17) is 4.74 Å². The number of para-hydroxylation sites is 1. The van der Waals surface area contributed by atoms with E-state index in [2.05, 4.69) is 10.6 Å². The maximum Gasteiger partial charge on any atom is 0.293 e. The molecule has 2 N–H and O–H groups in total. The molecule has 1 heterocycles. The zero-order valence-electron chi connectivity index (χ0n) is 17.3. The Morgan fingerprint density at radius 1 is 1.03 bits per heavy atom. The topological polar surface area (TPSA) is 111 Å². The first-order valence-corrected chi connectivity index (χ1v) is 10.1. The van der Waals surface area contributed by atoms with E-state index in [-0.39, 0.29) is 28.4 Å². The minimum absolute atomic E-state index is 0.132. The van der Waals surface area contributed by atoms with Crippen molar-refractivity contribution in [2.45, 2.75) is 12.5 Å². The second-order valence-corrected chi connectivity index (χ2v) is 7.31. The van der Waals surface area contributed by atoms with Gasteiger partial charge in [-0.25, -0.2) is 0 Å². The molecule has 0 spiro atoms. The molecule has 0 bridgehead atoms. The molecule has 32 heavy (non-hydrogen) atoms. The molecule has 4 rings (SSSR count). The van der Waals surface area contributed by atoms with E-state index >= 15 is 0 Å². The summed E-state index contributed by atoms with van der Waals surface area (Å²) in [5.41, 5.74) is 1.50. The molecular weight excluding hydrogens is 410 g/mol. The molecule has 3 aromatic rings. The van der Waals surface area contributed by atoms with Crippen LogP contribution in [0.4, 0.5) is 11.4 Å². The van der Waals surface area contributed by atoms with Crippen LogP contribution >= 0.6 is 0 Å². The standard InChI is InChI=1S/C24H21N3O5/c1-25-20-11-10-15(14-21(20)27(30)31)23(28)16-6-2-3-7-17(16)24(29)26-19-12-13-32-22-9-5-4-8-18(19)22/h2-11,14,19,25H,12-13H2,1H3,(H,26,29)/t19-/m0/s1. The van der Waals surface area contributed by atoms with Crippen molar-refractivity contribution >= 4 is 23.1 Å². The Hall–Kier alpha value is -4.20. The van der Waals surface area contributed by atoms with Crippen LogP contribution in [-0.4, -0.2) is 30.3 Å². The molecule has 0 saturated carbocycles. The summed E-state index contributed by atoms with van der Waals surface area (Å²) in [6.45, 7) is 0.476. The van der Waals surface area contributed by atoms with Crippen LogP contribution < -0.4 is 15.4 Å². The van der Waals surface area contributed by atoms with Gasteiger partial charge in [0.1, 0.15) is 11.4 Å². The third-order valence-corrected chi connectivity index (χ3v) is 5.41. The van der Waals surface area contributed by atoms with Crippen molar-refractivity contribution in [2.75, 3.05) is 19.0 Å². The fourth-order valence-electron chi connectivity index (χ4n) is 3.80. The molecule has 1 aliphatic rings. The Morgan fingerprint density at radius 2 is 1.75 bits per heavy atom. The van der Waals surface area contributed by atoms with E-state index in [9.17, 15) is 19.7 Å². The third-order valence-electron chi connectivity index (χ3n) is 5.41. The number of amides is 1. The van der Waals surface area contributed by atoms with Gasteiger partial charge in [0.15, 0.2) is 5.78 Å². The minimum Gasteiger partial charge on any atom is -0.493 e. The Bertz CT molecular complexity index is 1210. The van der Waals surface area contributed by atoms with Crippen molar-refractivity contribution in [1.29, 1.82) is 0 Å². The van der Waals surface area contributed by atoms with Gasteiger partial charge in [0.05, 0.1) is 23.1 Å². The molecular formula is C24H21N3O5. The van der Waals surface area contributed by atoms with E-state index in [1.807, 2.05) is 24.3 Å². The molecule has 0 unspecified atom stereocenters. The molecule has 0 fully saturated rings. The number of carbonyl (C=O) groups is 2. The molecule has 162 valence electrons. The number of carbonyl (C=O) groups excluding carboxylic acids is 2. The van der Waals surface area contributed by atoms with Crippen LogP contribution in [0.1, 0.15) is 44.3 Å². The Kier molecular flexibility index (Phi) is 5.85. The summed E-state index contributed by atoms with van der Waals surface area (Å²) in [5.74, 6) is -0.128. The largest absolute Gasteiger partial charge is 0.493 e. The monoisotopic (exact) mass is 431 g/mol. The van der Waals surface area contributed by atoms with Crippen LogP contribution in [0.2, 0.25) is 0 Å². The lowest BCUT2D eigenvalue weighted by Crippen LogP contribution is -2.33. The average molecular weight is 431 g/mol. The molecule has 1 aliphatic heterocycles. The second-order valence-electron chi connectivity index (χ2n) is 7.31. The van der Waals surface area contributed by atoms with Gasteiger partial charge in [0.25, 0.3) is 11.6 Å². The molecule has 0 aromatic heterocycles. The van der Waals surface area contributed by atoms with Crippen LogP contribution in [0.25, 0.3) is 0 Å². The van der Waals surface area contributed by atoms with Gasteiger partial charge in [0, 0.05) is 36.2 Å². The van der Waals surface area contributed by atoms with Crippen molar-refractivity contribution in [3.63, 3.8) is 0 Å². The normalized spacial score (nSPS) is 14.6. The smallest absolute Gasteiger partial charge is 0.293 e. The molecule has 1 amide bonds. The number of anilines is 1. The quantitative estimate of drug-likeness (QED) is 0.345. The number of fused-ring (bicyclic) bond motifs is 1. The summed E-state index contributed by atoms with van der Waals surface area (Å²) in [7, 11) is 1.57. The van der Waals surface area contributed by atoms with E-state index < -0.39 is 16.6 Å². The summed E-state index contributed by atoms with van der Waals surface area (Å²) in [5, 5.41) is 17.1. The average Bonchev–Trinajstić information content (AvgIpc) is 2.83. The number of hydrogen-bond donors (Lipinski definition) is 2. The van der Waals surface area contributed by atoms with E-state index in [0.717, 1.165) is 11.3 Å². The highest BCUT2D eigenvalue weighted by atomic mass is 16.6. The lowest BCUT2D eigenvalue weighted by Gasteiger charge is -2.26. The van der Waals surface area contributed by atoms with Crippen LogP contribution in [0.15, 0.2) is 66.7 Å². The van der Waals surface area contributed by atoms with E-state index in [1.165, 1.54) is 18.2 Å². The fraction of sp³-hybridized carbons (Fsp3) is 0.167. The van der Waals surface area contributed by atoms with Gasteiger partial charge in [-0.15, -0.1) is 0 Å². The first kappa shape index (κ1) is 21.0. The Balaban J connectivity index is 1.64. The minimum atomic E-state index is -0.552. The van der Waals surface area contributed by atoms with Crippen LogP contribution in [-0.2, 0) is 0 Å². The predicted octanol–water partition coefficient (Wildman–Crippen LogP) is 4.12. The Morgan fingerprint density at radius 3 is 2.50 bits per heavy atom. The molecule has 1 atom stereocenters. The molecule has 8 heteroatoms. The number of nitrogens with zero attached hydrogens (tertiary/aromatic N) is 1. The zero-order chi connectivity index (χ0) is 22.7. The number of hydrogen-bond acceptors (Lipinski definition) is 6. The van der Waals surface area contributed by atoms with Crippen molar-refractivity contribution in [1.82, 2.24) is 5.32 Å². The van der Waals surface area contributed by atoms with Gasteiger partial charge < -0.3 is 15.4 Å². The van der Waals surface area contributed by atoms with E-state index in [1.54, 1.807) is 31.3 Å². The summed E-state index contributed by atoms with van der Waals surface area (Å²) >= 11 is 0. The fourth-order valence-corrected chi connectivity index (χ4v) is 3.80. The number of nitrogens with one attached hydrogen (secondary N) is 2. The number of benzene rings is 3. The second kappa shape index (κ2) is 8.89. The van der Waals surface area contributed by atoms with Crippen LogP contribution in [0.5, 0.6) is 5.75 Å². The molecule has 8 nitrogen and oxygen atoms in total. The van der Waals surface area contributed by atoms with Gasteiger partial charge in [0.2, 0.25) is 0 Å². The highest BCUT2D eigenvalue weighted by molar-refractivity contribution is 6.15. The lowest BCUT2D eigenvalue weighted by atomic mass is 9.96. The van der Waals surface area contributed by atoms with Gasteiger partial charge in [-0.2, -0.15) is 0 Å².